The lowest BCUT2D eigenvalue weighted by Crippen LogP contribution is -2.40. The van der Waals surface area contributed by atoms with E-state index in [0.717, 1.165) is 37.7 Å². The first-order valence-corrected chi connectivity index (χ1v) is 9.37. The fourth-order valence-corrected chi connectivity index (χ4v) is 2.59. The number of nitrogens with two attached hydrogens (primary N) is 1. The summed E-state index contributed by atoms with van der Waals surface area (Å²) >= 11 is 0. The molecule has 0 heterocycles. The van der Waals surface area contributed by atoms with E-state index in [9.17, 15) is 14.7 Å². The van der Waals surface area contributed by atoms with Gasteiger partial charge in [-0.25, -0.2) is 4.99 Å². The molecule has 0 spiro atoms. The van der Waals surface area contributed by atoms with Gasteiger partial charge >= 0.3 is 0 Å². The summed E-state index contributed by atoms with van der Waals surface area (Å²) in [5.74, 6) is -0.940. The number of nitrogens with one attached hydrogen (secondary N) is 1. The Morgan fingerprint density at radius 1 is 1.15 bits per heavy atom. The molecule has 0 fully saturated rings. The van der Waals surface area contributed by atoms with E-state index in [0.29, 0.717) is 19.4 Å². The van der Waals surface area contributed by atoms with Gasteiger partial charge in [0.05, 0.1) is 12.1 Å². The molecule has 144 valence electrons. The third kappa shape index (κ3) is 10.1. The monoisotopic (exact) mass is 361 g/mol. The number of aliphatic imine (C=N–C) groups is 1. The highest BCUT2D eigenvalue weighted by Crippen LogP contribution is 2.06. The van der Waals surface area contributed by atoms with Crippen LogP contribution in [0.2, 0.25) is 0 Å². The van der Waals surface area contributed by atoms with Crippen LogP contribution in [-0.4, -0.2) is 35.4 Å². The fraction of sp³-hybridized carbons (Fsp3) is 0.550. The molecule has 0 radical (unpaired) electrons. The average Bonchev–Trinajstić information content (AvgIpc) is 2.61. The molecule has 0 aliphatic carbocycles. The number of hydrogen-bond acceptors (Lipinski definition) is 4. The van der Waals surface area contributed by atoms with Crippen LogP contribution in [0.4, 0.5) is 0 Å². The van der Waals surface area contributed by atoms with Gasteiger partial charge in [-0.1, -0.05) is 62.9 Å². The second-order valence-corrected chi connectivity index (χ2v) is 6.40. The van der Waals surface area contributed by atoms with Crippen LogP contribution in [0.5, 0.6) is 0 Å². The van der Waals surface area contributed by atoms with Crippen molar-refractivity contribution >= 4 is 17.5 Å². The van der Waals surface area contributed by atoms with Crippen LogP contribution in [0, 0.1) is 0 Å². The first-order valence-electron chi connectivity index (χ1n) is 9.37. The van der Waals surface area contributed by atoms with Crippen molar-refractivity contribution in [2.75, 3.05) is 6.54 Å². The van der Waals surface area contributed by atoms with Gasteiger partial charge in [0.2, 0.25) is 11.8 Å². The van der Waals surface area contributed by atoms with E-state index in [4.69, 9.17) is 5.73 Å². The first kappa shape index (κ1) is 22.0. The maximum Gasteiger partial charge on any atom is 0.245 e. The van der Waals surface area contributed by atoms with E-state index in [-0.39, 0.29) is 18.0 Å². The maximum absolute atomic E-state index is 12.0. The summed E-state index contributed by atoms with van der Waals surface area (Å²) < 4.78 is 0. The SMILES string of the molecule is CCCCCCCC(=O)N=C(CC(N)=O)[C@@H](O)NCCc1ccccc1. The van der Waals surface area contributed by atoms with Gasteiger partial charge < -0.3 is 10.8 Å². The molecule has 0 unspecified atom stereocenters. The van der Waals surface area contributed by atoms with E-state index in [2.05, 4.69) is 17.2 Å². The number of carbonyl (C=O) groups is 2. The van der Waals surface area contributed by atoms with Gasteiger partial charge in [0.15, 0.2) is 0 Å². The van der Waals surface area contributed by atoms with Crippen molar-refractivity contribution in [3.05, 3.63) is 35.9 Å². The topological polar surface area (TPSA) is 105 Å². The minimum Gasteiger partial charge on any atom is -0.373 e. The quantitative estimate of drug-likeness (QED) is 0.285. The molecule has 0 saturated heterocycles. The third-order valence-electron chi connectivity index (χ3n) is 4.03. The summed E-state index contributed by atoms with van der Waals surface area (Å²) in [5, 5.41) is 13.1. The Labute approximate surface area is 155 Å². The zero-order valence-corrected chi connectivity index (χ0v) is 15.6. The lowest BCUT2D eigenvalue weighted by molar-refractivity contribution is -0.118. The van der Waals surface area contributed by atoms with Crippen molar-refractivity contribution in [1.29, 1.82) is 0 Å². The van der Waals surface area contributed by atoms with Crippen LogP contribution in [0.1, 0.15) is 57.4 Å². The van der Waals surface area contributed by atoms with Crippen LogP contribution >= 0.6 is 0 Å². The highest BCUT2D eigenvalue weighted by Gasteiger charge is 2.16. The van der Waals surface area contributed by atoms with Crippen molar-refractivity contribution in [2.45, 2.75) is 64.5 Å². The summed E-state index contributed by atoms with van der Waals surface area (Å²) in [6, 6.07) is 9.83. The summed E-state index contributed by atoms with van der Waals surface area (Å²) in [6.07, 6.45) is 4.81. The van der Waals surface area contributed by atoms with Crippen LogP contribution in [0.25, 0.3) is 0 Å². The molecule has 6 nitrogen and oxygen atoms in total. The smallest absolute Gasteiger partial charge is 0.245 e. The van der Waals surface area contributed by atoms with Crippen LogP contribution in [0.15, 0.2) is 35.3 Å². The molecular formula is C20H31N3O3. The highest BCUT2D eigenvalue weighted by molar-refractivity contribution is 6.06. The molecule has 1 aromatic rings. The van der Waals surface area contributed by atoms with Gasteiger partial charge in [0.25, 0.3) is 0 Å². The lowest BCUT2D eigenvalue weighted by Gasteiger charge is -2.14. The number of benzene rings is 1. The number of amides is 2. The van der Waals surface area contributed by atoms with Gasteiger partial charge in [0, 0.05) is 13.0 Å². The number of primary amides is 1. The van der Waals surface area contributed by atoms with Gasteiger partial charge in [-0.05, 0) is 18.4 Å². The Morgan fingerprint density at radius 3 is 2.50 bits per heavy atom. The Bertz CT molecular complexity index is 573. The minimum absolute atomic E-state index is 0.0871. The normalized spacial score (nSPS) is 12.8. The van der Waals surface area contributed by atoms with E-state index in [1.54, 1.807) is 0 Å². The van der Waals surface area contributed by atoms with E-state index in [1.165, 1.54) is 0 Å². The third-order valence-corrected chi connectivity index (χ3v) is 4.03. The number of hydrogen-bond donors (Lipinski definition) is 3. The maximum atomic E-state index is 12.0. The number of nitrogens with zero attached hydrogens (tertiary/aromatic N) is 1. The van der Waals surface area contributed by atoms with Gasteiger partial charge in [-0.3, -0.25) is 14.9 Å². The van der Waals surface area contributed by atoms with Crippen LogP contribution < -0.4 is 11.1 Å². The van der Waals surface area contributed by atoms with Crippen molar-refractivity contribution in [3.63, 3.8) is 0 Å². The molecule has 1 rings (SSSR count). The number of aliphatic hydroxyl groups excluding tert-OH is 1. The van der Waals surface area contributed by atoms with Crippen molar-refractivity contribution < 1.29 is 14.7 Å². The molecule has 0 aromatic heterocycles. The highest BCUT2D eigenvalue weighted by atomic mass is 16.3. The largest absolute Gasteiger partial charge is 0.373 e. The number of carbonyl (C=O) groups excluding carboxylic acids is 2. The summed E-state index contributed by atoms with van der Waals surface area (Å²) in [5.41, 5.74) is 6.43. The average molecular weight is 361 g/mol. The summed E-state index contributed by atoms with van der Waals surface area (Å²) in [6.45, 7) is 2.63. The molecule has 2 amide bonds. The fourth-order valence-electron chi connectivity index (χ4n) is 2.59. The Hall–Kier alpha value is -2.05. The van der Waals surface area contributed by atoms with Crippen LogP contribution in [-0.2, 0) is 16.0 Å². The predicted octanol–water partition coefficient (Wildman–Crippen LogP) is 2.34. The Kier molecular flexibility index (Phi) is 11.2. The summed E-state index contributed by atoms with van der Waals surface area (Å²) in [7, 11) is 0. The second kappa shape index (κ2) is 13.2. The minimum atomic E-state index is -1.16. The second-order valence-electron chi connectivity index (χ2n) is 6.40. The molecule has 6 heteroatoms. The molecular weight excluding hydrogens is 330 g/mol. The number of rotatable bonds is 13. The first-order chi connectivity index (χ1) is 12.5. The molecule has 0 aliphatic heterocycles. The van der Waals surface area contributed by atoms with Crippen molar-refractivity contribution in [1.82, 2.24) is 5.32 Å². The molecule has 1 atom stereocenters. The van der Waals surface area contributed by atoms with Gasteiger partial charge in [-0.2, -0.15) is 0 Å². The van der Waals surface area contributed by atoms with E-state index < -0.39 is 12.1 Å². The van der Waals surface area contributed by atoms with E-state index in [1.807, 2.05) is 30.3 Å². The Balaban J connectivity index is 2.49. The number of aliphatic hydroxyl groups is 1. The molecule has 1 aromatic carbocycles. The zero-order valence-electron chi connectivity index (χ0n) is 15.6. The zero-order chi connectivity index (χ0) is 19.2. The molecule has 0 saturated carbocycles. The standard InChI is InChI=1S/C20H31N3O3/c1-2-3-4-5-9-12-19(25)23-17(15-18(21)24)20(26)22-14-13-16-10-7-6-8-11-16/h6-8,10-11,20,22,26H,2-5,9,12-15H2,1H3,(H2,21,24)/t20-/m1/s1. The number of unbranched alkanes of at least 4 members (excludes halogenated alkanes) is 4. The molecule has 0 bridgehead atoms. The molecule has 26 heavy (non-hydrogen) atoms. The molecule has 0 aliphatic rings. The lowest BCUT2D eigenvalue weighted by atomic mass is 10.1. The van der Waals surface area contributed by atoms with Gasteiger partial charge in [0.1, 0.15) is 6.23 Å². The van der Waals surface area contributed by atoms with Crippen molar-refractivity contribution in [2.24, 2.45) is 10.7 Å². The predicted molar refractivity (Wildman–Crippen MR) is 104 cm³/mol. The van der Waals surface area contributed by atoms with E-state index >= 15 is 0 Å². The Morgan fingerprint density at radius 2 is 1.85 bits per heavy atom. The summed E-state index contributed by atoms with van der Waals surface area (Å²) in [4.78, 5) is 27.1. The van der Waals surface area contributed by atoms with Crippen molar-refractivity contribution in [3.8, 4) is 0 Å². The molecule has 4 N–H and O–H groups in total. The van der Waals surface area contributed by atoms with Crippen LogP contribution in [0.3, 0.4) is 0 Å². The van der Waals surface area contributed by atoms with Gasteiger partial charge in [-0.15, -0.1) is 0 Å².